The Kier molecular flexibility index (Phi) is 2.35. The molecule has 0 radical (unpaired) electrons. The Morgan fingerprint density at radius 3 is 3.00 bits per heavy atom. The molecule has 0 spiro atoms. The van der Waals surface area contributed by atoms with Crippen molar-refractivity contribution in [2.75, 3.05) is 0 Å². The number of hydrazine groups is 1. The van der Waals surface area contributed by atoms with Crippen molar-refractivity contribution in [3.8, 4) is 0 Å². The first-order chi connectivity index (χ1) is 5.29. The van der Waals surface area contributed by atoms with Gasteiger partial charge in [-0.25, -0.2) is 5.84 Å². The van der Waals surface area contributed by atoms with E-state index in [1.54, 1.807) is 11.4 Å². The highest BCUT2D eigenvalue weighted by Crippen LogP contribution is 2.13. The van der Waals surface area contributed by atoms with Crippen LogP contribution in [0.2, 0.25) is 0 Å². The fraction of sp³-hybridized carbons (Fsp3) is 0. The van der Waals surface area contributed by atoms with Crippen molar-refractivity contribution < 1.29 is 9.59 Å². The molecule has 1 aromatic heterocycles. The van der Waals surface area contributed by atoms with Gasteiger partial charge in [0.25, 0.3) is 5.91 Å². The molecule has 0 saturated carbocycles. The average Bonchev–Trinajstić information content (AvgIpc) is 2.50. The van der Waals surface area contributed by atoms with Crippen molar-refractivity contribution in [1.29, 1.82) is 0 Å². The predicted molar refractivity (Wildman–Crippen MR) is 41.4 cm³/mol. The third-order valence-electron chi connectivity index (χ3n) is 1.16. The molecule has 0 aliphatic rings. The van der Waals surface area contributed by atoms with E-state index in [1.165, 1.54) is 11.3 Å². The Bertz CT molecular complexity index is 282. The normalized spacial score (nSPS) is 9.18. The molecule has 5 heteroatoms. The predicted octanol–water partition coefficient (Wildman–Crippen LogP) is 0.164. The van der Waals surface area contributed by atoms with E-state index in [2.05, 4.69) is 0 Å². The molecule has 1 amide bonds. The standard InChI is InChI=1S/C6H6N2O2S/c7-8-6(10)5-4(3-9)1-2-11-5/h1-3H,7H2,(H,8,10). The zero-order chi connectivity index (χ0) is 8.27. The summed E-state index contributed by atoms with van der Waals surface area (Å²) in [6.07, 6.45) is 0.626. The van der Waals surface area contributed by atoms with Crippen LogP contribution in [0.15, 0.2) is 11.4 Å². The number of thiophene rings is 1. The molecule has 0 aromatic carbocycles. The Hall–Kier alpha value is -1.20. The second-order valence-corrected chi connectivity index (χ2v) is 2.71. The Labute approximate surface area is 67.0 Å². The lowest BCUT2D eigenvalue weighted by Gasteiger charge is -1.94. The van der Waals surface area contributed by atoms with Crippen molar-refractivity contribution in [3.05, 3.63) is 21.9 Å². The van der Waals surface area contributed by atoms with Gasteiger partial charge in [0.15, 0.2) is 6.29 Å². The van der Waals surface area contributed by atoms with Crippen LogP contribution in [0.4, 0.5) is 0 Å². The molecule has 1 rings (SSSR count). The van der Waals surface area contributed by atoms with Gasteiger partial charge in [-0.2, -0.15) is 0 Å². The van der Waals surface area contributed by atoms with Crippen LogP contribution < -0.4 is 11.3 Å². The summed E-state index contributed by atoms with van der Waals surface area (Å²) in [6.45, 7) is 0. The summed E-state index contributed by atoms with van der Waals surface area (Å²) >= 11 is 1.18. The Morgan fingerprint density at radius 1 is 1.73 bits per heavy atom. The number of rotatable bonds is 2. The minimum absolute atomic E-state index is 0.350. The summed E-state index contributed by atoms with van der Waals surface area (Å²) in [5.74, 6) is 4.45. The van der Waals surface area contributed by atoms with Crippen molar-refractivity contribution in [1.82, 2.24) is 5.43 Å². The zero-order valence-electron chi connectivity index (χ0n) is 5.53. The van der Waals surface area contributed by atoms with Crippen LogP contribution in [0.1, 0.15) is 20.0 Å². The lowest BCUT2D eigenvalue weighted by molar-refractivity contribution is 0.0952. The maximum absolute atomic E-state index is 10.9. The largest absolute Gasteiger partial charge is 0.298 e. The molecule has 11 heavy (non-hydrogen) atoms. The quantitative estimate of drug-likeness (QED) is 0.287. The van der Waals surface area contributed by atoms with Crippen molar-refractivity contribution in [2.24, 2.45) is 5.84 Å². The molecule has 3 N–H and O–H groups in total. The molecule has 1 heterocycles. The van der Waals surface area contributed by atoms with Gasteiger partial charge < -0.3 is 0 Å². The SMILES string of the molecule is NNC(=O)c1sccc1C=O. The van der Waals surface area contributed by atoms with Crippen LogP contribution in [0.25, 0.3) is 0 Å². The smallest absolute Gasteiger partial charge is 0.275 e. The number of carbonyl (C=O) groups is 2. The summed E-state index contributed by atoms with van der Waals surface area (Å²) in [6, 6.07) is 1.57. The molecule has 0 aliphatic heterocycles. The first-order valence-electron chi connectivity index (χ1n) is 2.83. The summed E-state index contributed by atoms with van der Waals surface area (Å²) in [5.41, 5.74) is 2.33. The lowest BCUT2D eigenvalue weighted by atomic mass is 10.3. The zero-order valence-corrected chi connectivity index (χ0v) is 6.35. The van der Waals surface area contributed by atoms with E-state index in [1.807, 2.05) is 5.43 Å². The first kappa shape index (κ1) is 7.90. The van der Waals surface area contributed by atoms with E-state index in [4.69, 9.17) is 5.84 Å². The molecule has 1 aromatic rings. The minimum atomic E-state index is -0.429. The lowest BCUT2D eigenvalue weighted by Crippen LogP contribution is -2.29. The van der Waals surface area contributed by atoms with Gasteiger partial charge in [-0.3, -0.25) is 15.0 Å². The second-order valence-electron chi connectivity index (χ2n) is 1.80. The molecule has 0 fully saturated rings. The maximum atomic E-state index is 10.9. The second kappa shape index (κ2) is 3.27. The molecule has 0 saturated heterocycles. The molecular formula is C6H6N2O2S. The fourth-order valence-corrected chi connectivity index (χ4v) is 1.43. The fourth-order valence-electron chi connectivity index (χ4n) is 0.662. The molecular weight excluding hydrogens is 164 g/mol. The van der Waals surface area contributed by atoms with E-state index < -0.39 is 5.91 Å². The van der Waals surface area contributed by atoms with E-state index in [9.17, 15) is 9.59 Å². The van der Waals surface area contributed by atoms with Crippen LogP contribution in [0, 0.1) is 0 Å². The van der Waals surface area contributed by atoms with E-state index in [-0.39, 0.29) is 0 Å². The summed E-state index contributed by atoms with van der Waals surface area (Å²) in [5, 5.41) is 1.66. The first-order valence-corrected chi connectivity index (χ1v) is 3.71. The third kappa shape index (κ3) is 1.44. The topological polar surface area (TPSA) is 72.2 Å². The number of carbonyl (C=O) groups excluding carboxylic acids is 2. The Morgan fingerprint density at radius 2 is 2.45 bits per heavy atom. The van der Waals surface area contributed by atoms with Gasteiger partial charge in [0.1, 0.15) is 4.88 Å². The number of nitrogen functional groups attached to an aromatic ring is 1. The van der Waals surface area contributed by atoms with Crippen molar-refractivity contribution in [3.63, 3.8) is 0 Å². The van der Waals surface area contributed by atoms with Crippen LogP contribution in [0.3, 0.4) is 0 Å². The van der Waals surface area contributed by atoms with Crippen molar-refractivity contribution >= 4 is 23.5 Å². The molecule has 58 valence electrons. The summed E-state index contributed by atoms with van der Waals surface area (Å²) in [7, 11) is 0. The van der Waals surface area contributed by atoms with Gasteiger partial charge in [0, 0.05) is 5.56 Å². The van der Waals surface area contributed by atoms with E-state index in [0.29, 0.717) is 16.7 Å². The summed E-state index contributed by atoms with van der Waals surface area (Å²) < 4.78 is 0. The number of nitrogens with one attached hydrogen (secondary N) is 1. The van der Waals surface area contributed by atoms with E-state index >= 15 is 0 Å². The maximum Gasteiger partial charge on any atom is 0.275 e. The van der Waals surface area contributed by atoms with Gasteiger partial charge in [0.05, 0.1) is 0 Å². The van der Waals surface area contributed by atoms with Crippen LogP contribution in [-0.2, 0) is 0 Å². The Balaban J connectivity index is 3.01. The monoisotopic (exact) mass is 170 g/mol. The highest BCUT2D eigenvalue weighted by molar-refractivity contribution is 7.12. The van der Waals surface area contributed by atoms with Gasteiger partial charge in [-0.05, 0) is 11.4 Å². The minimum Gasteiger partial charge on any atom is -0.298 e. The van der Waals surface area contributed by atoms with Gasteiger partial charge in [-0.1, -0.05) is 0 Å². The molecule has 0 unspecified atom stereocenters. The molecule has 0 bridgehead atoms. The van der Waals surface area contributed by atoms with E-state index in [0.717, 1.165) is 0 Å². The van der Waals surface area contributed by atoms with Crippen LogP contribution in [-0.4, -0.2) is 12.2 Å². The average molecular weight is 170 g/mol. The van der Waals surface area contributed by atoms with Crippen LogP contribution >= 0.6 is 11.3 Å². The van der Waals surface area contributed by atoms with Gasteiger partial charge in [0.2, 0.25) is 0 Å². The van der Waals surface area contributed by atoms with Crippen molar-refractivity contribution in [2.45, 2.75) is 0 Å². The molecule has 0 aliphatic carbocycles. The number of hydrogen-bond acceptors (Lipinski definition) is 4. The number of nitrogens with two attached hydrogens (primary N) is 1. The number of amides is 1. The molecule has 0 atom stereocenters. The number of aldehydes is 1. The summed E-state index contributed by atoms with van der Waals surface area (Å²) in [4.78, 5) is 21.5. The van der Waals surface area contributed by atoms with Crippen LogP contribution in [0.5, 0.6) is 0 Å². The highest BCUT2D eigenvalue weighted by Gasteiger charge is 2.09. The number of hydrogen-bond donors (Lipinski definition) is 2. The third-order valence-corrected chi connectivity index (χ3v) is 2.09. The highest BCUT2D eigenvalue weighted by atomic mass is 32.1. The molecule has 4 nitrogen and oxygen atoms in total. The van der Waals surface area contributed by atoms with Gasteiger partial charge in [-0.15, -0.1) is 11.3 Å². The van der Waals surface area contributed by atoms with Gasteiger partial charge >= 0.3 is 0 Å².